The number of hydrogen-bond acceptors (Lipinski definition) is 2. The van der Waals surface area contributed by atoms with Crippen molar-refractivity contribution in [1.29, 1.82) is 0 Å². The molecular formula is C20H28N2O2. The van der Waals surface area contributed by atoms with Crippen molar-refractivity contribution in [2.45, 2.75) is 44.9 Å². The van der Waals surface area contributed by atoms with E-state index in [4.69, 9.17) is 0 Å². The van der Waals surface area contributed by atoms with Gasteiger partial charge in [0, 0.05) is 32.0 Å². The maximum absolute atomic E-state index is 12.4. The monoisotopic (exact) mass is 328 g/mol. The molecule has 2 amide bonds. The molecule has 0 unspecified atom stereocenters. The molecule has 1 saturated heterocycles. The summed E-state index contributed by atoms with van der Waals surface area (Å²) in [7, 11) is 0. The topological polar surface area (TPSA) is 49.4 Å². The van der Waals surface area contributed by atoms with Crippen LogP contribution in [0.25, 0.3) is 0 Å². The summed E-state index contributed by atoms with van der Waals surface area (Å²) in [4.78, 5) is 26.2. The van der Waals surface area contributed by atoms with Crippen LogP contribution in [0.2, 0.25) is 0 Å². The Morgan fingerprint density at radius 1 is 1.17 bits per heavy atom. The van der Waals surface area contributed by atoms with Gasteiger partial charge in [-0.2, -0.15) is 0 Å². The molecule has 2 aliphatic rings. The molecule has 0 aromatic heterocycles. The fraction of sp³-hybridized carbons (Fsp3) is 0.600. The van der Waals surface area contributed by atoms with Crippen LogP contribution in [0.4, 0.5) is 0 Å². The molecule has 1 aromatic rings. The van der Waals surface area contributed by atoms with Crippen LogP contribution in [0.5, 0.6) is 0 Å². The van der Waals surface area contributed by atoms with Crippen molar-refractivity contribution >= 4 is 11.8 Å². The van der Waals surface area contributed by atoms with Crippen LogP contribution in [0.1, 0.15) is 50.5 Å². The Kier molecular flexibility index (Phi) is 5.54. The minimum atomic E-state index is 0.121. The molecule has 1 heterocycles. The smallest absolute Gasteiger partial charge is 0.224 e. The second-order valence-corrected chi connectivity index (χ2v) is 7.28. The molecule has 130 valence electrons. The minimum Gasteiger partial charge on any atom is -0.355 e. The highest BCUT2D eigenvalue weighted by atomic mass is 16.2. The molecule has 1 aromatic carbocycles. The van der Waals surface area contributed by atoms with Gasteiger partial charge in [-0.15, -0.1) is 0 Å². The van der Waals surface area contributed by atoms with E-state index in [1.807, 2.05) is 11.0 Å². The van der Waals surface area contributed by atoms with Crippen molar-refractivity contribution in [3.05, 3.63) is 35.9 Å². The first-order valence-corrected chi connectivity index (χ1v) is 9.25. The molecule has 1 saturated carbocycles. The van der Waals surface area contributed by atoms with E-state index in [1.165, 1.54) is 5.56 Å². The quantitative estimate of drug-likeness (QED) is 0.903. The van der Waals surface area contributed by atoms with E-state index in [0.29, 0.717) is 24.8 Å². The molecule has 4 nitrogen and oxygen atoms in total. The van der Waals surface area contributed by atoms with Crippen LogP contribution in [-0.4, -0.2) is 36.3 Å². The van der Waals surface area contributed by atoms with E-state index in [9.17, 15) is 9.59 Å². The number of nitrogens with zero attached hydrogens (tertiary/aromatic N) is 1. The summed E-state index contributed by atoms with van der Waals surface area (Å²) >= 11 is 0. The molecule has 1 N–H and O–H groups in total. The van der Waals surface area contributed by atoms with Gasteiger partial charge in [-0.1, -0.05) is 37.3 Å². The van der Waals surface area contributed by atoms with Gasteiger partial charge in [0.1, 0.15) is 0 Å². The van der Waals surface area contributed by atoms with Gasteiger partial charge in [-0.3, -0.25) is 9.59 Å². The lowest BCUT2D eigenvalue weighted by molar-refractivity contribution is -0.131. The summed E-state index contributed by atoms with van der Waals surface area (Å²) < 4.78 is 0. The van der Waals surface area contributed by atoms with Crippen molar-refractivity contribution in [2.75, 3.05) is 19.6 Å². The molecule has 0 radical (unpaired) electrons. The largest absolute Gasteiger partial charge is 0.355 e. The third kappa shape index (κ3) is 4.37. The fourth-order valence-electron chi connectivity index (χ4n) is 3.67. The van der Waals surface area contributed by atoms with Crippen LogP contribution < -0.4 is 5.32 Å². The Bertz CT molecular complexity index is 572. The van der Waals surface area contributed by atoms with E-state index in [1.54, 1.807) is 0 Å². The second-order valence-electron chi connectivity index (χ2n) is 7.28. The van der Waals surface area contributed by atoms with Crippen LogP contribution in [0, 0.1) is 11.8 Å². The zero-order chi connectivity index (χ0) is 16.9. The lowest BCUT2D eigenvalue weighted by atomic mass is 9.92. The first kappa shape index (κ1) is 17.0. The highest BCUT2D eigenvalue weighted by Gasteiger charge is 2.38. The predicted octanol–water partition coefficient (Wildman–Crippen LogP) is 2.95. The molecule has 4 heteroatoms. The first-order chi connectivity index (χ1) is 11.6. The number of nitrogens with one attached hydrogen (secondary N) is 1. The fourth-order valence-corrected chi connectivity index (χ4v) is 3.67. The van der Waals surface area contributed by atoms with Crippen molar-refractivity contribution in [3.63, 3.8) is 0 Å². The maximum atomic E-state index is 12.4. The highest BCUT2D eigenvalue weighted by molar-refractivity contribution is 5.82. The standard InChI is InChI=1S/C20H28N2O2/c1-15-14-18(15)20(24)21-11-9-19(23)22-12-5-8-17(10-13-22)16-6-3-2-4-7-16/h2-4,6-7,15,17-18H,5,8-14H2,1H3,(H,21,24)/t15-,17+,18+/m1/s1. The zero-order valence-electron chi connectivity index (χ0n) is 14.5. The second kappa shape index (κ2) is 7.82. The van der Waals surface area contributed by atoms with E-state index < -0.39 is 0 Å². The molecule has 3 atom stereocenters. The molecule has 2 fully saturated rings. The number of rotatable bonds is 5. The van der Waals surface area contributed by atoms with E-state index in [0.717, 1.165) is 38.8 Å². The van der Waals surface area contributed by atoms with Crippen LogP contribution in [0.3, 0.4) is 0 Å². The number of benzene rings is 1. The Labute approximate surface area is 144 Å². The molecular weight excluding hydrogens is 300 g/mol. The van der Waals surface area contributed by atoms with Gasteiger partial charge in [-0.25, -0.2) is 0 Å². The number of carbonyl (C=O) groups excluding carboxylic acids is 2. The van der Waals surface area contributed by atoms with Gasteiger partial charge in [0.15, 0.2) is 0 Å². The Morgan fingerprint density at radius 3 is 2.62 bits per heavy atom. The van der Waals surface area contributed by atoms with Crippen LogP contribution in [-0.2, 0) is 9.59 Å². The van der Waals surface area contributed by atoms with Crippen LogP contribution in [0.15, 0.2) is 30.3 Å². The van der Waals surface area contributed by atoms with Gasteiger partial charge >= 0.3 is 0 Å². The molecule has 3 rings (SSSR count). The van der Waals surface area contributed by atoms with Gasteiger partial charge < -0.3 is 10.2 Å². The summed E-state index contributed by atoms with van der Waals surface area (Å²) in [6.45, 7) is 4.23. The SMILES string of the molecule is C[C@@H]1C[C@@H]1C(=O)NCCC(=O)N1CCC[C@H](c2ccccc2)CC1. The van der Waals surface area contributed by atoms with Crippen molar-refractivity contribution in [1.82, 2.24) is 10.2 Å². The zero-order valence-corrected chi connectivity index (χ0v) is 14.5. The van der Waals surface area contributed by atoms with Gasteiger partial charge in [0.05, 0.1) is 0 Å². The van der Waals surface area contributed by atoms with Crippen molar-refractivity contribution in [2.24, 2.45) is 11.8 Å². The van der Waals surface area contributed by atoms with E-state index >= 15 is 0 Å². The van der Waals surface area contributed by atoms with Gasteiger partial charge in [0.25, 0.3) is 0 Å². The number of amides is 2. The summed E-state index contributed by atoms with van der Waals surface area (Å²) in [5, 5.41) is 2.91. The third-order valence-electron chi connectivity index (χ3n) is 5.44. The lowest BCUT2D eigenvalue weighted by Gasteiger charge is -2.21. The average molecular weight is 328 g/mol. The summed E-state index contributed by atoms with van der Waals surface area (Å²) in [5.41, 5.74) is 1.39. The van der Waals surface area contributed by atoms with Gasteiger partial charge in [-0.05, 0) is 43.1 Å². The molecule has 24 heavy (non-hydrogen) atoms. The molecule has 1 aliphatic heterocycles. The summed E-state index contributed by atoms with van der Waals surface area (Å²) in [6.07, 6.45) is 4.64. The highest BCUT2D eigenvalue weighted by Crippen LogP contribution is 2.37. The normalized spacial score (nSPS) is 26.5. The Balaban J connectivity index is 1.42. The number of likely N-dealkylation sites (tertiary alicyclic amines) is 1. The molecule has 0 spiro atoms. The summed E-state index contributed by atoms with van der Waals surface area (Å²) in [5.74, 6) is 1.55. The summed E-state index contributed by atoms with van der Waals surface area (Å²) in [6, 6.07) is 10.6. The number of hydrogen-bond donors (Lipinski definition) is 1. The molecule has 0 bridgehead atoms. The van der Waals surface area contributed by atoms with Crippen LogP contribution >= 0.6 is 0 Å². The van der Waals surface area contributed by atoms with Crippen molar-refractivity contribution < 1.29 is 9.59 Å². The number of carbonyl (C=O) groups is 2. The maximum Gasteiger partial charge on any atom is 0.224 e. The van der Waals surface area contributed by atoms with Crippen molar-refractivity contribution in [3.8, 4) is 0 Å². The third-order valence-corrected chi connectivity index (χ3v) is 5.44. The van der Waals surface area contributed by atoms with Gasteiger partial charge in [0.2, 0.25) is 11.8 Å². The first-order valence-electron chi connectivity index (χ1n) is 9.25. The Hall–Kier alpha value is -1.84. The Morgan fingerprint density at radius 2 is 1.92 bits per heavy atom. The minimum absolute atomic E-state index is 0.121. The predicted molar refractivity (Wildman–Crippen MR) is 94.5 cm³/mol. The van der Waals surface area contributed by atoms with E-state index in [-0.39, 0.29) is 17.7 Å². The van der Waals surface area contributed by atoms with E-state index in [2.05, 4.69) is 36.5 Å². The lowest BCUT2D eigenvalue weighted by Crippen LogP contribution is -2.35. The molecule has 1 aliphatic carbocycles. The average Bonchev–Trinajstić information content (AvgIpc) is 3.37.